The second kappa shape index (κ2) is 7.46. The number of benzene rings is 2. The van der Waals surface area contributed by atoms with Crippen molar-refractivity contribution in [2.75, 3.05) is 7.11 Å². The summed E-state index contributed by atoms with van der Waals surface area (Å²) >= 11 is 9.00. The second-order valence-electron chi connectivity index (χ2n) is 5.39. The fourth-order valence-corrected chi connectivity index (χ4v) is 6.19. The molecule has 0 aliphatic carbocycles. The molecule has 6 heteroatoms. The largest absolute Gasteiger partial charge is 0.506 e. The molecular weight excluding hydrogens is 732 g/mol. The first-order chi connectivity index (χ1) is 10.2. The van der Waals surface area contributed by atoms with Crippen molar-refractivity contribution in [2.45, 2.75) is 19.3 Å². The third-order valence-electron chi connectivity index (χ3n) is 3.66. The molecule has 0 heterocycles. The van der Waals surface area contributed by atoms with Crippen molar-refractivity contribution in [1.29, 1.82) is 0 Å². The zero-order valence-corrected chi connectivity index (χ0v) is 20.8. The molecule has 2 aromatic carbocycles. The van der Waals surface area contributed by atoms with Gasteiger partial charge in [0.05, 0.1) is 21.4 Å². The van der Waals surface area contributed by atoms with Gasteiger partial charge in [-0.3, -0.25) is 0 Å². The SMILES string of the molecule is COc1c(I)cc(C(C)(C)c2cc(I)c(O)c(I)c2)cc1I. The molecule has 0 aliphatic rings. The van der Waals surface area contributed by atoms with Gasteiger partial charge in [-0.1, -0.05) is 13.8 Å². The molecule has 0 atom stereocenters. The third kappa shape index (κ3) is 3.79. The minimum Gasteiger partial charge on any atom is -0.506 e. The molecule has 2 rings (SSSR count). The Labute approximate surface area is 185 Å². The number of ether oxygens (including phenoxy) is 1. The monoisotopic (exact) mass is 746 g/mol. The zero-order valence-electron chi connectivity index (χ0n) is 12.2. The van der Waals surface area contributed by atoms with Gasteiger partial charge in [0.2, 0.25) is 0 Å². The van der Waals surface area contributed by atoms with Crippen LogP contribution in [0.25, 0.3) is 0 Å². The van der Waals surface area contributed by atoms with Crippen molar-refractivity contribution in [2.24, 2.45) is 0 Å². The Kier molecular flexibility index (Phi) is 6.54. The van der Waals surface area contributed by atoms with Crippen LogP contribution in [0.5, 0.6) is 11.5 Å². The number of halogens is 4. The molecule has 118 valence electrons. The third-order valence-corrected chi connectivity index (χ3v) is 6.91. The van der Waals surface area contributed by atoms with E-state index in [2.05, 4.69) is 128 Å². The van der Waals surface area contributed by atoms with Gasteiger partial charge in [-0.2, -0.15) is 0 Å². The summed E-state index contributed by atoms with van der Waals surface area (Å²) in [6, 6.07) is 8.46. The molecule has 0 amide bonds. The van der Waals surface area contributed by atoms with Crippen LogP contribution in [-0.4, -0.2) is 12.2 Å². The molecule has 2 nitrogen and oxygen atoms in total. The number of hydrogen-bond donors (Lipinski definition) is 1. The topological polar surface area (TPSA) is 29.5 Å². The van der Waals surface area contributed by atoms with E-state index in [0.29, 0.717) is 5.75 Å². The molecule has 0 spiro atoms. The summed E-state index contributed by atoms with van der Waals surface area (Å²) < 4.78 is 9.43. The molecule has 0 saturated heterocycles. The highest BCUT2D eigenvalue weighted by Crippen LogP contribution is 2.39. The molecule has 0 aromatic heterocycles. The van der Waals surface area contributed by atoms with Crippen molar-refractivity contribution in [3.05, 3.63) is 49.7 Å². The summed E-state index contributed by atoms with van der Waals surface area (Å²) in [4.78, 5) is 0. The maximum absolute atomic E-state index is 9.99. The van der Waals surface area contributed by atoms with E-state index in [4.69, 9.17) is 4.74 Å². The van der Waals surface area contributed by atoms with E-state index in [9.17, 15) is 5.11 Å². The second-order valence-corrected chi connectivity index (χ2v) is 10.0. The normalized spacial score (nSPS) is 11.6. The number of aromatic hydroxyl groups is 1. The van der Waals surface area contributed by atoms with Gasteiger partial charge >= 0.3 is 0 Å². The lowest BCUT2D eigenvalue weighted by Gasteiger charge is -2.28. The first-order valence-corrected chi connectivity index (χ1v) is 10.7. The molecule has 0 unspecified atom stereocenters. The summed E-state index contributed by atoms with van der Waals surface area (Å²) in [5.74, 6) is 1.29. The first-order valence-electron chi connectivity index (χ1n) is 6.40. The van der Waals surface area contributed by atoms with Gasteiger partial charge in [0.15, 0.2) is 0 Å². The Morgan fingerprint density at radius 2 is 1.18 bits per heavy atom. The summed E-state index contributed by atoms with van der Waals surface area (Å²) in [7, 11) is 1.70. The van der Waals surface area contributed by atoms with E-state index in [-0.39, 0.29) is 5.41 Å². The van der Waals surface area contributed by atoms with Crippen LogP contribution in [0.1, 0.15) is 25.0 Å². The van der Waals surface area contributed by atoms with Crippen LogP contribution in [0, 0.1) is 14.3 Å². The average Bonchev–Trinajstić information content (AvgIpc) is 2.43. The molecule has 0 aliphatic heterocycles. The van der Waals surface area contributed by atoms with Gasteiger partial charge in [-0.15, -0.1) is 0 Å². The highest BCUT2D eigenvalue weighted by molar-refractivity contribution is 14.1. The van der Waals surface area contributed by atoms with E-state index in [1.54, 1.807) is 7.11 Å². The van der Waals surface area contributed by atoms with Gasteiger partial charge in [-0.25, -0.2) is 0 Å². The Balaban J connectivity index is 2.60. The Morgan fingerprint density at radius 1 is 0.818 bits per heavy atom. The van der Waals surface area contributed by atoms with Gasteiger partial charge in [0.25, 0.3) is 0 Å². The van der Waals surface area contributed by atoms with Gasteiger partial charge in [0, 0.05) is 5.41 Å². The van der Waals surface area contributed by atoms with Crippen LogP contribution in [0.2, 0.25) is 0 Å². The van der Waals surface area contributed by atoms with Crippen LogP contribution >= 0.6 is 90.4 Å². The van der Waals surface area contributed by atoms with Crippen molar-refractivity contribution >= 4 is 90.4 Å². The van der Waals surface area contributed by atoms with Gasteiger partial charge in [-0.05, 0) is 126 Å². The van der Waals surface area contributed by atoms with Crippen LogP contribution in [-0.2, 0) is 5.41 Å². The highest BCUT2D eigenvalue weighted by atomic mass is 127. The lowest BCUT2D eigenvalue weighted by atomic mass is 9.78. The maximum Gasteiger partial charge on any atom is 0.145 e. The zero-order chi connectivity index (χ0) is 16.7. The quantitative estimate of drug-likeness (QED) is 0.383. The molecule has 2 aromatic rings. The van der Waals surface area contributed by atoms with Crippen LogP contribution < -0.4 is 4.74 Å². The Hall–Kier alpha value is 0.960. The number of hydrogen-bond acceptors (Lipinski definition) is 2. The summed E-state index contributed by atoms with van der Waals surface area (Å²) in [6.45, 7) is 4.42. The number of methoxy groups -OCH3 is 1. The van der Waals surface area contributed by atoms with E-state index >= 15 is 0 Å². The Morgan fingerprint density at radius 3 is 1.55 bits per heavy atom. The molecule has 22 heavy (non-hydrogen) atoms. The van der Waals surface area contributed by atoms with Gasteiger partial charge in [0.1, 0.15) is 11.5 Å². The summed E-state index contributed by atoms with van der Waals surface area (Å²) in [6.07, 6.45) is 0. The van der Waals surface area contributed by atoms with Crippen LogP contribution in [0.4, 0.5) is 0 Å². The molecule has 1 N–H and O–H groups in total. The van der Waals surface area contributed by atoms with E-state index < -0.39 is 0 Å². The summed E-state index contributed by atoms with van der Waals surface area (Å²) in [5, 5.41) is 9.99. The highest BCUT2D eigenvalue weighted by Gasteiger charge is 2.26. The van der Waals surface area contributed by atoms with E-state index in [1.807, 2.05) is 0 Å². The minimum atomic E-state index is -0.153. The first kappa shape index (κ1) is 19.3. The lowest BCUT2D eigenvalue weighted by Crippen LogP contribution is -2.20. The fraction of sp³-hybridized carbons (Fsp3) is 0.250. The lowest BCUT2D eigenvalue weighted by molar-refractivity contribution is 0.408. The van der Waals surface area contributed by atoms with Crippen molar-refractivity contribution in [3.63, 3.8) is 0 Å². The van der Waals surface area contributed by atoms with E-state index in [0.717, 1.165) is 20.0 Å². The van der Waals surface area contributed by atoms with E-state index in [1.165, 1.54) is 11.1 Å². The summed E-state index contributed by atoms with van der Waals surface area (Å²) in [5.41, 5.74) is 2.27. The van der Waals surface area contributed by atoms with Crippen LogP contribution in [0.3, 0.4) is 0 Å². The molecular formula is C16H14I4O2. The number of rotatable bonds is 3. The predicted octanol–water partition coefficient (Wildman–Crippen LogP) is 6.15. The molecule has 0 fully saturated rings. The Bertz CT molecular complexity index is 680. The van der Waals surface area contributed by atoms with Gasteiger partial charge < -0.3 is 9.84 Å². The van der Waals surface area contributed by atoms with Crippen LogP contribution in [0.15, 0.2) is 24.3 Å². The maximum atomic E-state index is 9.99. The number of phenols is 1. The minimum absolute atomic E-state index is 0.153. The molecule has 0 bridgehead atoms. The van der Waals surface area contributed by atoms with Crippen molar-refractivity contribution < 1.29 is 9.84 Å². The standard InChI is InChI=1S/C16H14I4O2/c1-16(2,8-4-10(17)14(21)11(18)5-8)9-6-12(19)15(22-3)13(20)7-9/h4-7,21H,1-3H3. The molecule has 0 radical (unpaired) electrons. The average molecular weight is 746 g/mol. The number of phenolic OH excluding ortho intramolecular Hbond substituents is 1. The molecule has 0 saturated carbocycles. The predicted molar refractivity (Wildman–Crippen MR) is 124 cm³/mol. The van der Waals surface area contributed by atoms with Crippen molar-refractivity contribution in [3.8, 4) is 11.5 Å². The van der Waals surface area contributed by atoms with Crippen molar-refractivity contribution in [1.82, 2.24) is 0 Å². The fourth-order valence-electron chi connectivity index (χ4n) is 2.21. The smallest absolute Gasteiger partial charge is 0.145 e.